The molecular formula is C11H25N3O2S. The smallest absolute Gasteiger partial charge is 0.279 e. The van der Waals surface area contributed by atoms with E-state index in [1.54, 1.807) is 7.05 Å². The maximum absolute atomic E-state index is 11.9. The van der Waals surface area contributed by atoms with Gasteiger partial charge in [0, 0.05) is 25.2 Å². The van der Waals surface area contributed by atoms with Crippen LogP contribution in [0, 0.1) is 0 Å². The van der Waals surface area contributed by atoms with Gasteiger partial charge in [-0.1, -0.05) is 13.8 Å². The van der Waals surface area contributed by atoms with Crippen LogP contribution in [0.2, 0.25) is 0 Å². The number of nitrogens with one attached hydrogen (secondary N) is 2. The predicted octanol–water partition coefficient (Wildman–Crippen LogP) is 0.693. The summed E-state index contributed by atoms with van der Waals surface area (Å²) in [7, 11) is -1.67. The average molecular weight is 263 g/mol. The van der Waals surface area contributed by atoms with Gasteiger partial charge in [-0.05, 0) is 32.7 Å². The molecule has 0 aromatic rings. The molecule has 0 amide bonds. The van der Waals surface area contributed by atoms with Crippen molar-refractivity contribution < 1.29 is 8.42 Å². The first-order chi connectivity index (χ1) is 7.75. The van der Waals surface area contributed by atoms with Gasteiger partial charge in [0.2, 0.25) is 0 Å². The second-order valence-electron chi connectivity index (χ2n) is 5.45. The molecule has 0 radical (unpaired) electrons. The van der Waals surface area contributed by atoms with Crippen molar-refractivity contribution in [3.05, 3.63) is 0 Å². The summed E-state index contributed by atoms with van der Waals surface area (Å²) in [5, 5.41) is 3.27. The summed E-state index contributed by atoms with van der Waals surface area (Å²) in [6.45, 7) is 7.49. The molecule has 0 aromatic carbocycles. The highest BCUT2D eigenvalue weighted by Crippen LogP contribution is 2.35. The Morgan fingerprint density at radius 1 is 1.35 bits per heavy atom. The van der Waals surface area contributed by atoms with Crippen molar-refractivity contribution in [3.63, 3.8) is 0 Å². The largest absolute Gasteiger partial charge is 0.314 e. The van der Waals surface area contributed by atoms with Crippen molar-refractivity contribution in [1.29, 1.82) is 0 Å². The molecule has 0 unspecified atom stereocenters. The molecule has 17 heavy (non-hydrogen) atoms. The van der Waals surface area contributed by atoms with Gasteiger partial charge in [0.15, 0.2) is 0 Å². The standard InChI is InChI=1S/C11H25N3O2S/c1-10(2)12-8-5-9-14(4)17(15,16)13-11(3)6-7-11/h10,12-13H,5-9H2,1-4H3. The zero-order valence-corrected chi connectivity index (χ0v) is 12.1. The highest BCUT2D eigenvalue weighted by Gasteiger charge is 2.41. The van der Waals surface area contributed by atoms with E-state index in [1.165, 1.54) is 4.31 Å². The molecule has 5 nitrogen and oxygen atoms in total. The van der Waals surface area contributed by atoms with Gasteiger partial charge in [0.1, 0.15) is 0 Å². The Hall–Kier alpha value is -0.170. The van der Waals surface area contributed by atoms with Crippen LogP contribution in [0.3, 0.4) is 0 Å². The molecule has 0 bridgehead atoms. The maximum Gasteiger partial charge on any atom is 0.279 e. The maximum atomic E-state index is 11.9. The third-order valence-corrected chi connectivity index (χ3v) is 4.74. The number of nitrogens with zero attached hydrogens (tertiary/aromatic N) is 1. The Morgan fingerprint density at radius 3 is 2.41 bits per heavy atom. The summed E-state index contributed by atoms with van der Waals surface area (Å²) in [4.78, 5) is 0. The molecule has 1 aliphatic carbocycles. The van der Waals surface area contributed by atoms with Gasteiger partial charge < -0.3 is 5.32 Å². The van der Waals surface area contributed by atoms with Crippen molar-refractivity contribution in [2.24, 2.45) is 0 Å². The molecule has 0 spiro atoms. The van der Waals surface area contributed by atoms with Gasteiger partial charge in [-0.2, -0.15) is 17.4 Å². The summed E-state index contributed by atoms with van der Waals surface area (Å²) in [5.74, 6) is 0. The van der Waals surface area contributed by atoms with Crippen molar-refractivity contribution in [1.82, 2.24) is 14.3 Å². The first-order valence-electron chi connectivity index (χ1n) is 6.24. The number of rotatable bonds is 8. The van der Waals surface area contributed by atoms with Gasteiger partial charge in [0.05, 0.1) is 0 Å². The second kappa shape index (κ2) is 5.65. The second-order valence-corrected chi connectivity index (χ2v) is 7.23. The molecule has 1 rings (SSSR count). The SMILES string of the molecule is CC(C)NCCCN(C)S(=O)(=O)NC1(C)CC1. The van der Waals surface area contributed by atoms with Crippen molar-refractivity contribution in [2.75, 3.05) is 20.1 Å². The van der Waals surface area contributed by atoms with Crippen molar-refractivity contribution >= 4 is 10.2 Å². The summed E-state index contributed by atoms with van der Waals surface area (Å²) < 4.78 is 28.0. The number of hydrogen-bond donors (Lipinski definition) is 2. The van der Waals surface area contributed by atoms with E-state index in [0.717, 1.165) is 25.8 Å². The summed E-state index contributed by atoms with van der Waals surface area (Å²) in [6.07, 6.45) is 2.70. The summed E-state index contributed by atoms with van der Waals surface area (Å²) >= 11 is 0. The minimum Gasteiger partial charge on any atom is -0.314 e. The van der Waals surface area contributed by atoms with Crippen LogP contribution in [0.5, 0.6) is 0 Å². The van der Waals surface area contributed by atoms with E-state index < -0.39 is 10.2 Å². The van der Waals surface area contributed by atoms with Crippen LogP contribution in [-0.2, 0) is 10.2 Å². The molecule has 1 fully saturated rings. The van der Waals surface area contributed by atoms with Crippen LogP contribution in [0.15, 0.2) is 0 Å². The Kier molecular flexibility index (Phi) is 4.95. The fraction of sp³-hybridized carbons (Fsp3) is 1.00. The summed E-state index contributed by atoms with van der Waals surface area (Å²) in [5.41, 5.74) is -0.191. The fourth-order valence-corrected chi connectivity index (χ4v) is 2.84. The van der Waals surface area contributed by atoms with Gasteiger partial charge in [-0.3, -0.25) is 0 Å². The first kappa shape index (κ1) is 14.9. The topological polar surface area (TPSA) is 61.4 Å². The van der Waals surface area contributed by atoms with Gasteiger partial charge in [-0.25, -0.2) is 0 Å². The summed E-state index contributed by atoms with van der Waals surface area (Å²) in [6, 6.07) is 0.445. The van der Waals surface area contributed by atoms with Gasteiger partial charge >= 0.3 is 0 Å². The molecule has 0 saturated heterocycles. The fourth-order valence-electron chi connectivity index (χ4n) is 1.49. The van der Waals surface area contributed by atoms with E-state index >= 15 is 0 Å². The highest BCUT2D eigenvalue weighted by atomic mass is 32.2. The monoisotopic (exact) mass is 263 g/mol. The van der Waals surface area contributed by atoms with Crippen LogP contribution >= 0.6 is 0 Å². The lowest BCUT2D eigenvalue weighted by Crippen LogP contribution is -2.44. The van der Waals surface area contributed by atoms with Crippen LogP contribution < -0.4 is 10.0 Å². The van der Waals surface area contributed by atoms with Crippen LogP contribution in [0.1, 0.15) is 40.0 Å². The Balaban J connectivity index is 2.28. The molecule has 6 heteroatoms. The van der Waals surface area contributed by atoms with E-state index in [4.69, 9.17) is 0 Å². The molecule has 1 saturated carbocycles. The van der Waals surface area contributed by atoms with E-state index in [9.17, 15) is 8.42 Å². The molecule has 2 N–H and O–H groups in total. The molecule has 0 heterocycles. The Bertz CT molecular complexity index is 337. The van der Waals surface area contributed by atoms with E-state index in [2.05, 4.69) is 23.9 Å². The van der Waals surface area contributed by atoms with Crippen LogP contribution in [0.25, 0.3) is 0 Å². The predicted molar refractivity (Wildman–Crippen MR) is 70.1 cm³/mol. The van der Waals surface area contributed by atoms with Crippen LogP contribution in [-0.4, -0.2) is 44.4 Å². The number of hydrogen-bond acceptors (Lipinski definition) is 3. The molecule has 102 valence electrons. The lowest BCUT2D eigenvalue weighted by Gasteiger charge is -2.21. The molecular weight excluding hydrogens is 238 g/mol. The van der Waals surface area contributed by atoms with E-state index in [0.29, 0.717) is 12.6 Å². The normalized spacial score (nSPS) is 18.9. The lowest BCUT2D eigenvalue weighted by atomic mass is 10.3. The van der Waals surface area contributed by atoms with E-state index in [-0.39, 0.29) is 5.54 Å². The average Bonchev–Trinajstić information content (AvgIpc) is 2.88. The first-order valence-corrected chi connectivity index (χ1v) is 7.68. The van der Waals surface area contributed by atoms with Gasteiger partial charge in [-0.15, -0.1) is 0 Å². The molecule has 1 aliphatic rings. The van der Waals surface area contributed by atoms with Crippen molar-refractivity contribution in [2.45, 2.75) is 51.6 Å². The minimum atomic E-state index is -3.30. The molecule has 0 aliphatic heterocycles. The third kappa shape index (κ3) is 5.33. The quantitative estimate of drug-likeness (QED) is 0.634. The molecule has 0 aromatic heterocycles. The van der Waals surface area contributed by atoms with Gasteiger partial charge in [0.25, 0.3) is 10.2 Å². The lowest BCUT2D eigenvalue weighted by molar-refractivity contribution is 0.431. The minimum absolute atomic E-state index is 0.191. The van der Waals surface area contributed by atoms with E-state index in [1.807, 2.05) is 6.92 Å². The van der Waals surface area contributed by atoms with Crippen molar-refractivity contribution in [3.8, 4) is 0 Å². The zero-order chi connectivity index (χ0) is 13.1. The zero-order valence-electron chi connectivity index (χ0n) is 11.3. The highest BCUT2D eigenvalue weighted by molar-refractivity contribution is 7.87. The van der Waals surface area contributed by atoms with Crippen LogP contribution in [0.4, 0.5) is 0 Å². The molecule has 0 atom stereocenters. The Labute approximate surface area is 105 Å². The third-order valence-electron chi connectivity index (χ3n) is 2.99. The Morgan fingerprint density at radius 2 is 1.94 bits per heavy atom.